The van der Waals surface area contributed by atoms with Crippen molar-refractivity contribution in [2.75, 3.05) is 18.5 Å². The van der Waals surface area contributed by atoms with Crippen LogP contribution in [-0.4, -0.2) is 30.7 Å². The molecule has 0 saturated carbocycles. The molecule has 0 fully saturated rings. The van der Waals surface area contributed by atoms with Crippen LogP contribution in [0.4, 0.5) is 10.1 Å². The molecule has 132 valence electrons. The van der Waals surface area contributed by atoms with Crippen LogP contribution >= 0.6 is 0 Å². The standard InChI is InChI=1S/C20H23FN2O2/c1-20(2)14-10-7-11-15(21)18(14)23(19(20)25)17(16(24)12-22-3)13-8-5-4-6-9-13/h4-11,16-17,22,24H,12H2,1-3H3. The third kappa shape index (κ3) is 2.83. The molecule has 2 atom stereocenters. The Morgan fingerprint density at radius 1 is 1.16 bits per heavy atom. The first-order valence-corrected chi connectivity index (χ1v) is 8.40. The maximum absolute atomic E-state index is 14.7. The van der Waals surface area contributed by atoms with E-state index in [0.717, 1.165) is 5.56 Å². The second-order valence-electron chi connectivity index (χ2n) is 6.92. The van der Waals surface area contributed by atoms with Gasteiger partial charge in [0.25, 0.3) is 0 Å². The maximum atomic E-state index is 14.7. The number of hydrogen-bond donors (Lipinski definition) is 2. The van der Waals surface area contributed by atoms with Crippen molar-refractivity contribution >= 4 is 11.6 Å². The largest absolute Gasteiger partial charge is 0.389 e. The fraction of sp³-hybridized carbons (Fsp3) is 0.350. The predicted molar refractivity (Wildman–Crippen MR) is 96.0 cm³/mol. The van der Waals surface area contributed by atoms with E-state index in [0.29, 0.717) is 5.56 Å². The summed E-state index contributed by atoms with van der Waals surface area (Å²) in [5.74, 6) is -0.661. The fourth-order valence-electron chi connectivity index (χ4n) is 3.56. The van der Waals surface area contributed by atoms with Crippen molar-refractivity contribution in [3.05, 3.63) is 65.5 Å². The summed E-state index contributed by atoms with van der Waals surface area (Å²) in [5, 5.41) is 13.7. The van der Waals surface area contributed by atoms with Crippen molar-refractivity contribution < 1.29 is 14.3 Å². The van der Waals surface area contributed by atoms with Gasteiger partial charge in [0.15, 0.2) is 0 Å². The molecule has 25 heavy (non-hydrogen) atoms. The van der Waals surface area contributed by atoms with Gasteiger partial charge in [-0.25, -0.2) is 4.39 Å². The number of carbonyl (C=O) groups excluding carboxylic acids is 1. The molecule has 2 N–H and O–H groups in total. The van der Waals surface area contributed by atoms with Crippen LogP contribution in [-0.2, 0) is 10.2 Å². The summed E-state index contributed by atoms with van der Waals surface area (Å²) in [4.78, 5) is 14.6. The van der Waals surface area contributed by atoms with Gasteiger partial charge in [0, 0.05) is 6.54 Å². The first kappa shape index (κ1) is 17.6. The smallest absolute Gasteiger partial charge is 0.237 e. The molecule has 0 aliphatic carbocycles. The number of benzene rings is 2. The summed E-state index contributed by atoms with van der Waals surface area (Å²) in [5.41, 5.74) is 0.839. The molecular weight excluding hydrogens is 319 g/mol. The molecule has 0 saturated heterocycles. The summed E-state index contributed by atoms with van der Waals surface area (Å²) >= 11 is 0. The van der Waals surface area contributed by atoms with E-state index >= 15 is 0 Å². The number of para-hydroxylation sites is 1. The average molecular weight is 342 g/mol. The molecule has 1 heterocycles. The molecule has 2 aromatic carbocycles. The van der Waals surface area contributed by atoms with Crippen LogP contribution < -0.4 is 10.2 Å². The monoisotopic (exact) mass is 342 g/mol. The van der Waals surface area contributed by atoms with E-state index in [1.807, 2.05) is 30.3 Å². The predicted octanol–water partition coefficient (Wildman–Crippen LogP) is 2.77. The van der Waals surface area contributed by atoms with Crippen molar-refractivity contribution in [2.24, 2.45) is 0 Å². The first-order valence-electron chi connectivity index (χ1n) is 8.40. The number of aliphatic hydroxyl groups is 1. The van der Waals surface area contributed by atoms with Crippen LogP contribution in [0, 0.1) is 5.82 Å². The normalized spacial score (nSPS) is 18.1. The summed E-state index contributed by atoms with van der Waals surface area (Å²) in [6.07, 6.45) is -0.877. The minimum Gasteiger partial charge on any atom is -0.389 e. The fourth-order valence-corrected chi connectivity index (χ4v) is 3.56. The molecule has 1 aliphatic heterocycles. The van der Waals surface area contributed by atoms with E-state index in [4.69, 9.17) is 0 Å². The number of likely N-dealkylation sites (N-methyl/N-ethyl adjacent to an activating group) is 1. The highest BCUT2D eigenvalue weighted by Gasteiger charge is 2.49. The van der Waals surface area contributed by atoms with Gasteiger partial charge < -0.3 is 10.4 Å². The van der Waals surface area contributed by atoms with Crippen LogP contribution in [0.5, 0.6) is 0 Å². The van der Waals surface area contributed by atoms with Crippen LogP contribution in [0.15, 0.2) is 48.5 Å². The number of fused-ring (bicyclic) bond motifs is 1. The second kappa shape index (κ2) is 6.58. The van der Waals surface area contributed by atoms with Gasteiger partial charge in [0.05, 0.1) is 23.2 Å². The number of aliphatic hydroxyl groups excluding tert-OH is 1. The number of carbonyl (C=O) groups is 1. The third-order valence-electron chi connectivity index (χ3n) is 4.85. The van der Waals surface area contributed by atoms with E-state index in [9.17, 15) is 14.3 Å². The zero-order valence-electron chi connectivity index (χ0n) is 14.7. The number of halogens is 1. The maximum Gasteiger partial charge on any atom is 0.237 e. The summed E-state index contributed by atoms with van der Waals surface area (Å²) in [6.45, 7) is 3.87. The van der Waals surface area contributed by atoms with E-state index in [2.05, 4.69) is 5.32 Å². The van der Waals surface area contributed by atoms with Gasteiger partial charge in [0.2, 0.25) is 5.91 Å². The number of nitrogens with one attached hydrogen (secondary N) is 1. The van der Waals surface area contributed by atoms with E-state index in [1.165, 1.54) is 11.0 Å². The molecule has 0 radical (unpaired) electrons. The molecule has 0 aromatic heterocycles. The van der Waals surface area contributed by atoms with Gasteiger partial charge >= 0.3 is 0 Å². The highest BCUT2D eigenvalue weighted by Crippen LogP contribution is 2.47. The van der Waals surface area contributed by atoms with Crippen molar-refractivity contribution in [1.82, 2.24) is 5.32 Å². The molecule has 4 nitrogen and oxygen atoms in total. The lowest BCUT2D eigenvalue weighted by molar-refractivity contribution is -0.123. The highest BCUT2D eigenvalue weighted by molar-refractivity contribution is 6.08. The topological polar surface area (TPSA) is 52.6 Å². The Morgan fingerprint density at radius 2 is 1.84 bits per heavy atom. The van der Waals surface area contributed by atoms with Gasteiger partial charge in [-0.15, -0.1) is 0 Å². The van der Waals surface area contributed by atoms with Crippen LogP contribution in [0.3, 0.4) is 0 Å². The van der Waals surface area contributed by atoms with Gasteiger partial charge in [-0.05, 0) is 38.1 Å². The van der Waals surface area contributed by atoms with Crippen molar-refractivity contribution in [3.8, 4) is 0 Å². The van der Waals surface area contributed by atoms with E-state index in [1.54, 1.807) is 33.0 Å². The zero-order valence-corrected chi connectivity index (χ0v) is 14.7. The van der Waals surface area contributed by atoms with Crippen LogP contribution in [0.1, 0.15) is 31.0 Å². The Kier molecular flexibility index (Phi) is 4.62. The quantitative estimate of drug-likeness (QED) is 0.878. The molecule has 0 spiro atoms. The SMILES string of the molecule is CNCC(O)C(c1ccccc1)N1C(=O)C(C)(C)c2cccc(F)c21. The molecule has 0 bridgehead atoms. The molecule has 1 amide bonds. The number of rotatable bonds is 5. The number of amides is 1. The van der Waals surface area contributed by atoms with Gasteiger partial charge in [0.1, 0.15) is 5.82 Å². The Hall–Kier alpha value is -2.24. The molecule has 2 aromatic rings. The zero-order chi connectivity index (χ0) is 18.2. The van der Waals surface area contributed by atoms with Crippen LogP contribution in [0.25, 0.3) is 0 Å². The molecule has 2 unspecified atom stereocenters. The second-order valence-corrected chi connectivity index (χ2v) is 6.92. The first-order chi connectivity index (χ1) is 11.9. The Morgan fingerprint density at radius 3 is 2.48 bits per heavy atom. The Balaban J connectivity index is 2.19. The summed E-state index contributed by atoms with van der Waals surface area (Å²) < 4.78 is 14.7. The molecule has 1 aliphatic rings. The van der Waals surface area contributed by atoms with Gasteiger partial charge in [-0.2, -0.15) is 0 Å². The lowest BCUT2D eigenvalue weighted by Gasteiger charge is -2.34. The molecule has 5 heteroatoms. The number of hydrogen-bond acceptors (Lipinski definition) is 3. The average Bonchev–Trinajstić information content (AvgIpc) is 2.79. The third-order valence-corrected chi connectivity index (χ3v) is 4.85. The Labute approximate surface area is 147 Å². The van der Waals surface area contributed by atoms with E-state index < -0.39 is 23.4 Å². The molecule has 3 rings (SSSR count). The van der Waals surface area contributed by atoms with Crippen molar-refractivity contribution in [2.45, 2.75) is 31.4 Å². The molecular formula is C20H23FN2O2. The minimum atomic E-state index is -0.877. The van der Waals surface area contributed by atoms with Gasteiger partial charge in [-0.1, -0.05) is 42.5 Å². The lowest BCUT2D eigenvalue weighted by Crippen LogP contribution is -2.45. The summed E-state index contributed by atoms with van der Waals surface area (Å²) in [7, 11) is 1.73. The highest BCUT2D eigenvalue weighted by atomic mass is 19.1. The Bertz CT molecular complexity index is 777. The lowest BCUT2D eigenvalue weighted by atomic mass is 9.86. The van der Waals surface area contributed by atoms with Crippen molar-refractivity contribution in [3.63, 3.8) is 0 Å². The number of anilines is 1. The van der Waals surface area contributed by atoms with Crippen molar-refractivity contribution in [1.29, 1.82) is 0 Å². The number of nitrogens with zero attached hydrogens (tertiary/aromatic N) is 1. The minimum absolute atomic E-state index is 0.211. The van der Waals surface area contributed by atoms with Crippen LogP contribution in [0.2, 0.25) is 0 Å². The van der Waals surface area contributed by atoms with E-state index in [-0.39, 0.29) is 18.1 Å². The summed E-state index contributed by atoms with van der Waals surface area (Å²) in [6, 6.07) is 13.4. The van der Waals surface area contributed by atoms with Gasteiger partial charge in [-0.3, -0.25) is 9.69 Å².